The maximum absolute atomic E-state index is 14.8. The van der Waals surface area contributed by atoms with Gasteiger partial charge in [-0.15, -0.1) is 5.10 Å². The second kappa shape index (κ2) is 10.3. The molecule has 0 spiro atoms. The smallest absolute Gasteiger partial charge is 0.243 e. The quantitative estimate of drug-likeness (QED) is 0.561. The molecule has 1 aliphatic rings. The molecular weight excluding hydrogens is 452 g/mol. The first-order valence-corrected chi connectivity index (χ1v) is 11.7. The maximum Gasteiger partial charge on any atom is 0.243 e. The summed E-state index contributed by atoms with van der Waals surface area (Å²) in [7, 11) is 1.66. The van der Waals surface area contributed by atoms with E-state index in [9.17, 15) is 18.4 Å². The number of halogens is 2. The Balaban J connectivity index is 1.59. The van der Waals surface area contributed by atoms with E-state index in [-0.39, 0.29) is 37.0 Å². The fourth-order valence-corrected chi connectivity index (χ4v) is 4.47. The van der Waals surface area contributed by atoms with E-state index >= 15 is 0 Å². The van der Waals surface area contributed by atoms with Crippen LogP contribution in [0.4, 0.5) is 8.78 Å². The fraction of sp³-hybridized carbons (Fsp3) is 0.385. The molecule has 1 aromatic heterocycles. The van der Waals surface area contributed by atoms with Gasteiger partial charge in [-0.2, -0.15) is 0 Å². The van der Waals surface area contributed by atoms with Crippen LogP contribution in [0.2, 0.25) is 0 Å². The Bertz CT molecular complexity index is 1200. The molecule has 1 fully saturated rings. The zero-order valence-electron chi connectivity index (χ0n) is 20.0. The van der Waals surface area contributed by atoms with E-state index in [1.165, 1.54) is 21.8 Å². The van der Waals surface area contributed by atoms with E-state index in [0.29, 0.717) is 16.8 Å². The van der Waals surface area contributed by atoms with E-state index in [1.54, 1.807) is 19.2 Å². The minimum atomic E-state index is -1.31. The highest BCUT2D eigenvalue weighted by atomic mass is 19.1. The average Bonchev–Trinajstić information content (AvgIpc) is 3.42. The summed E-state index contributed by atoms with van der Waals surface area (Å²) < 4.78 is 30.7. The summed E-state index contributed by atoms with van der Waals surface area (Å²) >= 11 is 0. The minimum Gasteiger partial charge on any atom is -0.343 e. The summed E-state index contributed by atoms with van der Waals surface area (Å²) in [6.07, 6.45) is 0.0294. The van der Waals surface area contributed by atoms with Crippen LogP contribution in [-0.4, -0.2) is 50.5 Å². The van der Waals surface area contributed by atoms with Crippen molar-refractivity contribution in [3.63, 3.8) is 0 Å². The molecule has 1 aliphatic heterocycles. The van der Waals surface area contributed by atoms with Gasteiger partial charge < -0.3 is 10.2 Å². The number of likely N-dealkylation sites (tertiary alicyclic amines) is 1. The Morgan fingerprint density at radius 2 is 1.89 bits per heavy atom. The zero-order chi connectivity index (χ0) is 25.1. The minimum absolute atomic E-state index is 0.0167. The lowest BCUT2D eigenvalue weighted by Gasteiger charge is -2.27. The molecule has 2 amide bonds. The summed E-state index contributed by atoms with van der Waals surface area (Å²) in [4.78, 5) is 27.6. The van der Waals surface area contributed by atoms with Gasteiger partial charge in [0.25, 0.3) is 0 Å². The highest BCUT2D eigenvalue weighted by Crippen LogP contribution is 2.28. The zero-order valence-corrected chi connectivity index (χ0v) is 20.0. The van der Waals surface area contributed by atoms with E-state index < -0.39 is 24.2 Å². The summed E-state index contributed by atoms with van der Waals surface area (Å²) in [5, 5.41) is 10.5. The molecule has 35 heavy (non-hydrogen) atoms. The standard InChI is InChI=1S/C26H29F2N5O2/c1-16(2)21-10-9-18(11-22(21)28)25(17-7-5-4-6-8-17)30-26(35)23-12-19(27)15-33(23)24(34)13-20-14-29-31-32(20)3/h4-11,14,16,19,23,25H,12-13,15H2,1-3H3,(H,30,35). The first-order chi connectivity index (χ1) is 16.7. The predicted octanol–water partition coefficient (Wildman–Crippen LogP) is 3.46. The van der Waals surface area contributed by atoms with Gasteiger partial charge in [-0.3, -0.25) is 14.3 Å². The van der Waals surface area contributed by atoms with Gasteiger partial charge in [-0.1, -0.05) is 61.5 Å². The molecule has 9 heteroatoms. The van der Waals surface area contributed by atoms with Crippen molar-refractivity contribution >= 4 is 11.8 Å². The summed E-state index contributed by atoms with van der Waals surface area (Å²) in [5.41, 5.74) is 2.48. The summed E-state index contributed by atoms with van der Waals surface area (Å²) in [6.45, 7) is 3.67. The van der Waals surface area contributed by atoms with Gasteiger partial charge in [0.2, 0.25) is 11.8 Å². The number of benzene rings is 2. The highest BCUT2D eigenvalue weighted by Gasteiger charge is 2.40. The van der Waals surface area contributed by atoms with Crippen LogP contribution in [0, 0.1) is 5.82 Å². The number of nitrogens with one attached hydrogen (secondary N) is 1. The van der Waals surface area contributed by atoms with Crippen LogP contribution in [0.3, 0.4) is 0 Å². The lowest BCUT2D eigenvalue weighted by Crippen LogP contribution is -2.47. The van der Waals surface area contributed by atoms with Gasteiger partial charge in [0.15, 0.2) is 0 Å². The third kappa shape index (κ3) is 5.39. The van der Waals surface area contributed by atoms with Crippen molar-refractivity contribution in [3.8, 4) is 0 Å². The second-order valence-electron chi connectivity index (χ2n) is 9.21. The molecule has 3 aromatic rings. The predicted molar refractivity (Wildman–Crippen MR) is 127 cm³/mol. The van der Waals surface area contributed by atoms with Crippen LogP contribution in [0.15, 0.2) is 54.7 Å². The number of amides is 2. The molecular formula is C26H29F2N5O2. The number of hydrogen-bond acceptors (Lipinski definition) is 4. The van der Waals surface area contributed by atoms with Crippen molar-refractivity contribution in [1.29, 1.82) is 0 Å². The Morgan fingerprint density at radius 1 is 1.14 bits per heavy atom. The normalized spacial score (nSPS) is 18.6. The first-order valence-electron chi connectivity index (χ1n) is 11.7. The van der Waals surface area contributed by atoms with Crippen molar-refractivity contribution in [2.75, 3.05) is 6.54 Å². The molecule has 4 rings (SSSR count). The molecule has 1 saturated heterocycles. The molecule has 0 bridgehead atoms. The molecule has 7 nitrogen and oxygen atoms in total. The number of carbonyl (C=O) groups excluding carboxylic acids is 2. The Hall–Kier alpha value is -3.62. The van der Waals surface area contributed by atoms with Crippen LogP contribution >= 0.6 is 0 Å². The highest BCUT2D eigenvalue weighted by molar-refractivity contribution is 5.89. The van der Waals surface area contributed by atoms with Gasteiger partial charge in [0, 0.05) is 13.5 Å². The van der Waals surface area contributed by atoms with Crippen molar-refractivity contribution in [3.05, 3.63) is 82.9 Å². The largest absolute Gasteiger partial charge is 0.343 e. The van der Waals surface area contributed by atoms with E-state index in [0.717, 1.165) is 5.56 Å². The van der Waals surface area contributed by atoms with Gasteiger partial charge in [-0.25, -0.2) is 8.78 Å². The number of rotatable bonds is 7. The Labute approximate surface area is 203 Å². The summed E-state index contributed by atoms with van der Waals surface area (Å²) in [6, 6.07) is 12.5. The number of aromatic nitrogens is 3. The van der Waals surface area contributed by atoms with Crippen LogP contribution < -0.4 is 5.32 Å². The van der Waals surface area contributed by atoms with Crippen molar-refractivity contribution in [2.24, 2.45) is 7.05 Å². The third-order valence-corrected chi connectivity index (χ3v) is 6.41. The number of alkyl halides is 1. The lowest BCUT2D eigenvalue weighted by molar-refractivity contribution is -0.138. The van der Waals surface area contributed by atoms with E-state index in [2.05, 4.69) is 15.6 Å². The Kier molecular flexibility index (Phi) is 7.23. The third-order valence-electron chi connectivity index (χ3n) is 6.41. The first kappa shape index (κ1) is 24.5. The SMILES string of the molecule is CC(C)c1ccc(C(NC(=O)C2CC(F)CN2C(=O)Cc2cnnn2C)c2ccccc2)cc1F. The lowest BCUT2D eigenvalue weighted by atomic mass is 9.94. The fourth-order valence-electron chi connectivity index (χ4n) is 4.47. The molecule has 0 aliphatic carbocycles. The maximum atomic E-state index is 14.8. The topological polar surface area (TPSA) is 80.1 Å². The van der Waals surface area contributed by atoms with Gasteiger partial charge in [-0.05, 0) is 28.7 Å². The summed E-state index contributed by atoms with van der Waals surface area (Å²) in [5.74, 6) is -1.19. The van der Waals surface area contributed by atoms with Gasteiger partial charge in [0.05, 0.1) is 30.9 Å². The van der Waals surface area contributed by atoms with Crippen LogP contribution in [-0.2, 0) is 23.1 Å². The van der Waals surface area contributed by atoms with E-state index in [1.807, 2.05) is 44.2 Å². The molecule has 3 atom stereocenters. The van der Waals surface area contributed by atoms with Gasteiger partial charge in [0.1, 0.15) is 18.0 Å². The molecule has 2 heterocycles. The van der Waals surface area contributed by atoms with Crippen LogP contribution in [0.1, 0.15) is 54.6 Å². The molecule has 184 valence electrons. The molecule has 3 unspecified atom stereocenters. The van der Waals surface area contributed by atoms with Crippen LogP contribution in [0.5, 0.6) is 0 Å². The van der Waals surface area contributed by atoms with Crippen molar-refractivity contribution < 1.29 is 18.4 Å². The van der Waals surface area contributed by atoms with Gasteiger partial charge >= 0.3 is 0 Å². The van der Waals surface area contributed by atoms with E-state index in [4.69, 9.17) is 0 Å². The van der Waals surface area contributed by atoms with Crippen LogP contribution in [0.25, 0.3) is 0 Å². The molecule has 0 radical (unpaired) electrons. The number of hydrogen-bond donors (Lipinski definition) is 1. The monoisotopic (exact) mass is 481 g/mol. The molecule has 0 saturated carbocycles. The number of carbonyl (C=O) groups is 2. The average molecular weight is 482 g/mol. The van der Waals surface area contributed by atoms with Crippen molar-refractivity contribution in [1.82, 2.24) is 25.2 Å². The second-order valence-corrected chi connectivity index (χ2v) is 9.21. The van der Waals surface area contributed by atoms with Crippen molar-refractivity contribution in [2.45, 2.75) is 50.9 Å². The number of aryl methyl sites for hydroxylation is 1. The number of nitrogens with zero attached hydrogens (tertiary/aromatic N) is 4. The Morgan fingerprint density at radius 3 is 2.51 bits per heavy atom. The molecule has 1 N–H and O–H groups in total. The molecule has 2 aromatic carbocycles.